The predicted octanol–water partition coefficient (Wildman–Crippen LogP) is 2.81. The van der Waals surface area contributed by atoms with Gasteiger partial charge in [0.25, 0.3) is 0 Å². The zero-order chi connectivity index (χ0) is 17.6. The molecule has 3 rings (SSSR count). The van der Waals surface area contributed by atoms with Gasteiger partial charge in [-0.05, 0) is 44.1 Å². The van der Waals surface area contributed by atoms with Crippen LogP contribution in [0.1, 0.15) is 24.1 Å². The molecule has 0 amide bonds. The van der Waals surface area contributed by atoms with Gasteiger partial charge in [0.05, 0.1) is 29.3 Å². The third kappa shape index (κ3) is 4.56. The van der Waals surface area contributed by atoms with Crippen LogP contribution in [-0.4, -0.2) is 40.4 Å². The lowest BCUT2D eigenvalue weighted by molar-refractivity contribution is 0.114. The second-order valence-corrected chi connectivity index (χ2v) is 6.52. The number of hydrazone groups is 1. The van der Waals surface area contributed by atoms with E-state index in [0.29, 0.717) is 16.8 Å². The number of hydrogen-bond acceptors (Lipinski definition) is 4. The summed E-state index contributed by atoms with van der Waals surface area (Å²) in [5, 5.41) is 12.7. The Morgan fingerprint density at radius 2 is 2.28 bits per heavy atom. The zero-order valence-corrected chi connectivity index (χ0v) is 15.5. The van der Waals surface area contributed by atoms with E-state index in [0.717, 1.165) is 36.4 Å². The Hall–Kier alpha value is -1.96. The summed E-state index contributed by atoms with van der Waals surface area (Å²) in [6.07, 6.45) is 4.02. The van der Waals surface area contributed by atoms with Gasteiger partial charge < -0.3 is 10.1 Å². The lowest BCUT2D eigenvalue weighted by Crippen LogP contribution is -2.37. The molecule has 2 N–H and O–H groups in total. The number of nitrogens with one attached hydrogen (secondary N) is 2. The van der Waals surface area contributed by atoms with Gasteiger partial charge in [-0.3, -0.25) is 5.43 Å². The minimum absolute atomic E-state index is 0.226. The van der Waals surface area contributed by atoms with Crippen LogP contribution in [0.25, 0.3) is 5.69 Å². The SMILES string of the molecule is Cc1nn(-c2ccccc2)c(Cl)c1/C=N\NC(=S)NC[C@@H]1CCCO1. The molecule has 0 unspecified atom stereocenters. The molecule has 132 valence electrons. The summed E-state index contributed by atoms with van der Waals surface area (Å²) in [6.45, 7) is 3.40. The van der Waals surface area contributed by atoms with Crippen molar-refractivity contribution in [1.82, 2.24) is 20.5 Å². The normalized spacial score (nSPS) is 17.1. The fourth-order valence-electron chi connectivity index (χ4n) is 2.60. The first-order valence-corrected chi connectivity index (χ1v) is 8.93. The van der Waals surface area contributed by atoms with Crippen molar-refractivity contribution >= 4 is 35.1 Å². The maximum Gasteiger partial charge on any atom is 0.187 e. The third-order valence-corrected chi connectivity index (χ3v) is 4.52. The molecule has 8 heteroatoms. The second kappa shape index (κ2) is 8.42. The molecule has 1 fully saturated rings. The number of aryl methyl sites for hydroxylation is 1. The minimum Gasteiger partial charge on any atom is -0.376 e. The van der Waals surface area contributed by atoms with Crippen molar-refractivity contribution in [3.8, 4) is 5.69 Å². The number of nitrogens with zero attached hydrogens (tertiary/aromatic N) is 3. The van der Waals surface area contributed by atoms with Gasteiger partial charge in [-0.25, -0.2) is 4.68 Å². The molecular weight excluding hydrogens is 358 g/mol. The van der Waals surface area contributed by atoms with Gasteiger partial charge in [-0.1, -0.05) is 29.8 Å². The molecule has 1 aromatic heterocycles. The molecule has 25 heavy (non-hydrogen) atoms. The first-order chi connectivity index (χ1) is 12.1. The molecule has 1 aliphatic heterocycles. The van der Waals surface area contributed by atoms with Gasteiger partial charge in [0.1, 0.15) is 5.15 Å². The maximum atomic E-state index is 6.44. The van der Waals surface area contributed by atoms with Crippen LogP contribution in [0.5, 0.6) is 0 Å². The third-order valence-electron chi connectivity index (χ3n) is 3.92. The van der Waals surface area contributed by atoms with E-state index in [2.05, 4.69) is 20.9 Å². The lowest BCUT2D eigenvalue weighted by Gasteiger charge is -2.11. The smallest absolute Gasteiger partial charge is 0.187 e. The summed E-state index contributed by atoms with van der Waals surface area (Å²) in [7, 11) is 0. The van der Waals surface area contributed by atoms with Crippen LogP contribution in [0, 0.1) is 6.92 Å². The molecule has 6 nitrogen and oxygen atoms in total. The molecule has 2 aromatic rings. The average Bonchev–Trinajstić information content (AvgIpc) is 3.24. The van der Waals surface area contributed by atoms with Gasteiger partial charge in [0, 0.05) is 13.2 Å². The highest BCUT2D eigenvalue weighted by atomic mass is 35.5. The van der Waals surface area contributed by atoms with Crippen molar-refractivity contribution in [3.05, 3.63) is 46.7 Å². The first-order valence-electron chi connectivity index (χ1n) is 8.14. The highest BCUT2D eigenvalue weighted by molar-refractivity contribution is 7.80. The van der Waals surface area contributed by atoms with Gasteiger partial charge in [0.15, 0.2) is 5.11 Å². The van der Waals surface area contributed by atoms with Crippen molar-refractivity contribution in [1.29, 1.82) is 0 Å². The molecule has 0 aliphatic carbocycles. The molecule has 1 atom stereocenters. The Balaban J connectivity index is 1.59. The number of benzene rings is 1. The number of halogens is 1. The molecule has 0 bridgehead atoms. The zero-order valence-electron chi connectivity index (χ0n) is 13.9. The summed E-state index contributed by atoms with van der Waals surface area (Å²) >= 11 is 11.6. The van der Waals surface area contributed by atoms with Crippen LogP contribution in [0.3, 0.4) is 0 Å². The Kier molecular flexibility index (Phi) is 6.01. The molecule has 0 spiro atoms. The van der Waals surface area contributed by atoms with E-state index in [4.69, 9.17) is 28.6 Å². The first kappa shape index (κ1) is 17.8. The van der Waals surface area contributed by atoms with E-state index in [9.17, 15) is 0 Å². The van der Waals surface area contributed by atoms with Crippen LogP contribution in [0.15, 0.2) is 35.4 Å². The summed E-state index contributed by atoms with van der Waals surface area (Å²) in [6, 6.07) is 9.72. The number of hydrogen-bond donors (Lipinski definition) is 2. The van der Waals surface area contributed by atoms with E-state index in [1.165, 1.54) is 0 Å². The van der Waals surface area contributed by atoms with Gasteiger partial charge >= 0.3 is 0 Å². The van der Waals surface area contributed by atoms with E-state index < -0.39 is 0 Å². The Morgan fingerprint density at radius 1 is 1.48 bits per heavy atom. The van der Waals surface area contributed by atoms with E-state index in [1.807, 2.05) is 37.3 Å². The average molecular weight is 378 g/mol. The van der Waals surface area contributed by atoms with E-state index in [1.54, 1.807) is 10.9 Å². The Labute approximate surface area is 157 Å². The number of thiocarbonyl (C=S) groups is 1. The number of para-hydroxylation sites is 1. The second-order valence-electron chi connectivity index (χ2n) is 5.75. The van der Waals surface area contributed by atoms with Crippen LogP contribution in [0.2, 0.25) is 5.15 Å². The van der Waals surface area contributed by atoms with Gasteiger partial charge in [0.2, 0.25) is 0 Å². The fourth-order valence-corrected chi connectivity index (χ4v) is 3.06. The molecule has 1 aliphatic rings. The summed E-state index contributed by atoms with van der Waals surface area (Å²) in [4.78, 5) is 0. The Morgan fingerprint density at radius 3 is 3.00 bits per heavy atom. The Bertz CT molecular complexity index is 756. The van der Waals surface area contributed by atoms with E-state index >= 15 is 0 Å². The van der Waals surface area contributed by atoms with Crippen LogP contribution < -0.4 is 10.7 Å². The highest BCUT2D eigenvalue weighted by Gasteiger charge is 2.15. The number of ether oxygens (including phenoxy) is 1. The molecule has 2 heterocycles. The van der Waals surface area contributed by atoms with Gasteiger partial charge in [-0.15, -0.1) is 0 Å². The highest BCUT2D eigenvalue weighted by Crippen LogP contribution is 2.21. The summed E-state index contributed by atoms with van der Waals surface area (Å²) in [5.41, 5.74) is 5.24. The molecule has 0 saturated carbocycles. The van der Waals surface area contributed by atoms with Crippen molar-refractivity contribution < 1.29 is 4.74 Å². The summed E-state index contributed by atoms with van der Waals surface area (Å²) in [5.74, 6) is 0. The number of aromatic nitrogens is 2. The fraction of sp³-hybridized carbons (Fsp3) is 0.353. The number of rotatable bonds is 5. The molecule has 1 aromatic carbocycles. The lowest BCUT2D eigenvalue weighted by atomic mass is 10.2. The molecule has 1 saturated heterocycles. The quantitative estimate of drug-likeness (QED) is 0.476. The van der Waals surface area contributed by atoms with Crippen molar-refractivity contribution in [2.45, 2.75) is 25.9 Å². The van der Waals surface area contributed by atoms with Gasteiger partial charge in [-0.2, -0.15) is 10.2 Å². The summed E-state index contributed by atoms with van der Waals surface area (Å²) < 4.78 is 7.22. The standard InChI is InChI=1S/C17H20ClN5OS/c1-12-15(16(18)23(22-12)13-6-3-2-4-7-13)11-20-21-17(25)19-10-14-8-5-9-24-14/h2-4,6-7,11,14H,5,8-10H2,1H3,(H2,19,21,25)/b20-11-/t14-/m0/s1. The molecule has 0 radical (unpaired) electrons. The monoisotopic (exact) mass is 377 g/mol. The maximum absolute atomic E-state index is 6.44. The van der Waals surface area contributed by atoms with E-state index in [-0.39, 0.29) is 6.10 Å². The van der Waals surface area contributed by atoms with Crippen LogP contribution in [0.4, 0.5) is 0 Å². The van der Waals surface area contributed by atoms with Crippen molar-refractivity contribution in [2.75, 3.05) is 13.2 Å². The predicted molar refractivity (Wildman–Crippen MR) is 104 cm³/mol. The topological polar surface area (TPSA) is 63.5 Å². The van der Waals surface area contributed by atoms with Crippen LogP contribution in [-0.2, 0) is 4.74 Å². The largest absolute Gasteiger partial charge is 0.376 e. The van der Waals surface area contributed by atoms with Crippen molar-refractivity contribution in [2.24, 2.45) is 5.10 Å². The minimum atomic E-state index is 0.226. The van der Waals surface area contributed by atoms with Crippen LogP contribution >= 0.6 is 23.8 Å². The van der Waals surface area contributed by atoms with Crippen molar-refractivity contribution in [3.63, 3.8) is 0 Å². The molecular formula is C17H20ClN5OS.